The predicted molar refractivity (Wildman–Crippen MR) is 109 cm³/mol. The molecule has 1 aliphatic rings. The van der Waals surface area contributed by atoms with Crippen LogP contribution in [-0.4, -0.2) is 46.7 Å². The fourth-order valence-corrected chi connectivity index (χ4v) is 3.75. The molecule has 3 rings (SSSR count). The van der Waals surface area contributed by atoms with Crippen molar-refractivity contribution in [1.82, 2.24) is 9.88 Å². The standard InChI is InChI=1S/C21H23BrN2O4/c1-4-28-21(27)19-12(2)18(13(3)23-19)17(25)11-24(16-8-9-16)20(26)14-6-5-7-15(22)10-14/h5-7,10,16,23H,4,8-9,11H2,1-3H3. The van der Waals surface area contributed by atoms with E-state index >= 15 is 0 Å². The molecule has 148 valence electrons. The van der Waals surface area contributed by atoms with Crippen LogP contribution in [0.1, 0.15) is 62.2 Å². The summed E-state index contributed by atoms with van der Waals surface area (Å²) in [6, 6.07) is 7.25. The molecule has 7 heteroatoms. The van der Waals surface area contributed by atoms with Crippen LogP contribution in [0.2, 0.25) is 0 Å². The number of hydrogen-bond acceptors (Lipinski definition) is 4. The molecule has 1 aromatic carbocycles. The van der Waals surface area contributed by atoms with E-state index < -0.39 is 5.97 Å². The number of benzene rings is 1. The number of aromatic nitrogens is 1. The van der Waals surface area contributed by atoms with Crippen LogP contribution in [0.25, 0.3) is 0 Å². The van der Waals surface area contributed by atoms with Crippen molar-refractivity contribution >= 4 is 33.6 Å². The Bertz CT molecular complexity index is 930. The zero-order valence-corrected chi connectivity index (χ0v) is 17.8. The van der Waals surface area contributed by atoms with Gasteiger partial charge in [0.15, 0.2) is 5.78 Å². The molecule has 0 bridgehead atoms. The van der Waals surface area contributed by atoms with Crippen molar-refractivity contribution in [3.63, 3.8) is 0 Å². The number of rotatable bonds is 7. The van der Waals surface area contributed by atoms with Crippen LogP contribution in [-0.2, 0) is 4.74 Å². The Morgan fingerprint density at radius 1 is 1.25 bits per heavy atom. The van der Waals surface area contributed by atoms with E-state index in [0.29, 0.717) is 28.1 Å². The number of carbonyl (C=O) groups is 3. The Morgan fingerprint density at radius 3 is 2.57 bits per heavy atom. The highest BCUT2D eigenvalue weighted by Crippen LogP contribution is 2.30. The van der Waals surface area contributed by atoms with Gasteiger partial charge >= 0.3 is 5.97 Å². The largest absolute Gasteiger partial charge is 0.461 e. The van der Waals surface area contributed by atoms with E-state index in [0.717, 1.165) is 17.3 Å². The van der Waals surface area contributed by atoms with Gasteiger partial charge in [0.05, 0.1) is 13.2 Å². The summed E-state index contributed by atoms with van der Waals surface area (Å²) in [5.74, 6) is -0.822. The number of ether oxygens (including phenoxy) is 1. The van der Waals surface area contributed by atoms with E-state index in [4.69, 9.17) is 4.74 Å². The van der Waals surface area contributed by atoms with Gasteiger partial charge in [0, 0.05) is 27.3 Å². The Balaban J connectivity index is 1.84. The molecule has 1 aromatic heterocycles. The lowest BCUT2D eigenvalue weighted by molar-refractivity contribution is 0.0519. The number of aryl methyl sites for hydroxylation is 1. The molecule has 0 aliphatic heterocycles. The minimum absolute atomic E-state index is 0.0161. The summed E-state index contributed by atoms with van der Waals surface area (Å²) in [7, 11) is 0. The van der Waals surface area contributed by atoms with Gasteiger partial charge in [-0.2, -0.15) is 0 Å². The van der Waals surface area contributed by atoms with Crippen LogP contribution in [0.3, 0.4) is 0 Å². The molecule has 0 unspecified atom stereocenters. The zero-order chi connectivity index (χ0) is 20.4. The maximum Gasteiger partial charge on any atom is 0.355 e. The van der Waals surface area contributed by atoms with E-state index in [1.54, 1.807) is 43.9 Å². The second kappa shape index (κ2) is 8.31. The minimum atomic E-state index is -0.480. The molecule has 1 heterocycles. The lowest BCUT2D eigenvalue weighted by Crippen LogP contribution is -2.37. The van der Waals surface area contributed by atoms with Gasteiger partial charge in [-0.3, -0.25) is 9.59 Å². The van der Waals surface area contributed by atoms with Gasteiger partial charge in [-0.1, -0.05) is 22.0 Å². The molecular weight excluding hydrogens is 424 g/mol. The lowest BCUT2D eigenvalue weighted by Gasteiger charge is -2.22. The smallest absolute Gasteiger partial charge is 0.355 e. The number of amides is 1. The number of ketones is 1. The number of Topliss-reactive ketones (excluding diaryl/α,β-unsaturated/α-hetero) is 1. The van der Waals surface area contributed by atoms with Crippen molar-refractivity contribution in [3.05, 3.63) is 56.8 Å². The van der Waals surface area contributed by atoms with Crippen LogP contribution in [0, 0.1) is 13.8 Å². The van der Waals surface area contributed by atoms with E-state index in [1.165, 1.54) is 0 Å². The van der Waals surface area contributed by atoms with Crippen LogP contribution in [0.15, 0.2) is 28.7 Å². The Morgan fingerprint density at radius 2 is 1.96 bits per heavy atom. The number of nitrogens with one attached hydrogen (secondary N) is 1. The number of H-pyrrole nitrogens is 1. The van der Waals surface area contributed by atoms with Gasteiger partial charge in [0.25, 0.3) is 5.91 Å². The van der Waals surface area contributed by atoms with Crippen molar-refractivity contribution in [1.29, 1.82) is 0 Å². The fourth-order valence-electron chi connectivity index (χ4n) is 3.35. The molecular formula is C21H23BrN2O4. The molecule has 0 atom stereocenters. The first-order chi connectivity index (χ1) is 13.3. The van der Waals surface area contributed by atoms with Crippen molar-refractivity contribution in [2.24, 2.45) is 0 Å². The molecule has 1 aliphatic carbocycles. The molecule has 6 nitrogen and oxygen atoms in total. The summed E-state index contributed by atoms with van der Waals surface area (Å²) < 4.78 is 5.86. The summed E-state index contributed by atoms with van der Waals surface area (Å²) in [6.45, 7) is 5.45. The first-order valence-corrected chi connectivity index (χ1v) is 10.1. The summed E-state index contributed by atoms with van der Waals surface area (Å²) in [5, 5.41) is 0. The first kappa shape index (κ1) is 20.3. The fraction of sp³-hybridized carbons (Fsp3) is 0.381. The van der Waals surface area contributed by atoms with Crippen LogP contribution in [0.4, 0.5) is 0 Å². The van der Waals surface area contributed by atoms with Gasteiger partial charge in [-0.05, 0) is 57.4 Å². The number of halogens is 1. The van der Waals surface area contributed by atoms with E-state index in [1.807, 2.05) is 6.07 Å². The summed E-state index contributed by atoms with van der Waals surface area (Å²) >= 11 is 3.38. The number of nitrogens with zero attached hydrogens (tertiary/aromatic N) is 1. The van der Waals surface area contributed by atoms with Gasteiger partial charge in [0.2, 0.25) is 0 Å². The molecule has 0 saturated heterocycles. The highest BCUT2D eigenvalue weighted by atomic mass is 79.9. The third-order valence-corrected chi connectivity index (χ3v) is 5.32. The highest BCUT2D eigenvalue weighted by Gasteiger charge is 2.35. The number of aromatic amines is 1. The predicted octanol–water partition coefficient (Wildman–Crippen LogP) is 4.06. The zero-order valence-electron chi connectivity index (χ0n) is 16.2. The second-order valence-electron chi connectivity index (χ2n) is 6.94. The topological polar surface area (TPSA) is 79.5 Å². The molecule has 1 saturated carbocycles. The maximum absolute atomic E-state index is 13.1. The monoisotopic (exact) mass is 446 g/mol. The van der Waals surface area contributed by atoms with Gasteiger partial charge in [-0.15, -0.1) is 0 Å². The van der Waals surface area contributed by atoms with E-state index in [-0.39, 0.29) is 30.9 Å². The second-order valence-corrected chi connectivity index (χ2v) is 7.86. The molecule has 2 aromatic rings. The average molecular weight is 447 g/mol. The van der Waals surface area contributed by atoms with Crippen molar-refractivity contribution in [2.45, 2.75) is 39.7 Å². The van der Waals surface area contributed by atoms with Gasteiger partial charge in [0.1, 0.15) is 5.69 Å². The maximum atomic E-state index is 13.1. The Kier molecular flexibility index (Phi) is 6.03. The lowest BCUT2D eigenvalue weighted by atomic mass is 10.0. The molecule has 0 radical (unpaired) electrons. The van der Waals surface area contributed by atoms with E-state index in [2.05, 4.69) is 20.9 Å². The third-order valence-electron chi connectivity index (χ3n) is 4.83. The minimum Gasteiger partial charge on any atom is -0.461 e. The van der Waals surface area contributed by atoms with Gasteiger partial charge in [-0.25, -0.2) is 4.79 Å². The Labute approximate surface area is 172 Å². The molecule has 28 heavy (non-hydrogen) atoms. The van der Waals surface area contributed by atoms with Crippen molar-refractivity contribution in [3.8, 4) is 0 Å². The van der Waals surface area contributed by atoms with Crippen LogP contribution < -0.4 is 0 Å². The van der Waals surface area contributed by atoms with Crippen molar-refractivity contribution < 1.29 is 19.1 Å². The van der Waals surface area contributed by atoms with Gasteiger partial charge < -0.3 is 14.6 Å². The number of esters is 1. The first-order valence-electron chi connectivity index (χ1n) is 9.29. The van der Waals surface area contributed by atoms with Crippen molar-refractivity contribution in [2.75, 3.05) is 13.2 Å². The quantitative estimate of drug-likeness (QED) is 0.513. The summed E-state index contributed by atoms with van der Waals surface area (Å²) in [4.78, 5) is 42.7. The molecule has 1 fully saturated rings. The molecule has 1 amide bonds. The SMILES string of the molecule is CCOC(=O)c1[nH]c(C)c(C(=O)CN(C(=O)c2cccc(Br)c2)C2CC2)c1C. The highest BCUT2D eigenvalue weighted by molar-refractivity contribution is 9.10. The Hall–Kier alpha value is -2.41. The van der Waals surface area contributed by atoms with Crippen LogP contribution in [0.5, 0.6) is 0 Å². The molecule has 1 N–H and O–H groups in total. The number of hydrogen-bond donors (Lipinski definition) is 1. The molecule has 0 spiro atoms. The third kappa shape index (κ3) is 4.19. The normalized spacial score (nSPS) is 13.3. The van der Waals surface area contributed by atoms with Crippen LogP contribution >= 0.6 is 15.9 Å². The summed E-state index contributed by atoms with van der Waals surface area (Å²) in [6.07, 6.45) is 1.79. The van der Waals surface area contributed by atoms with E-state index in [9.17, 15) is 14.4 Å². The average Bonchev–Trinajstić information content (AvgIpc) is 3.44. The summed E-state index contributed by atoms with van der Waals surface area (Å²) in [5.41, 5.74) is 2.46. The number of carbonyl (C=O) groups excluding carboxylic acids is 3.